The van der Waals surface area contributed by atoms with Crippen molar-refractivity contribution < 1.29 is 32.5 Å². The molecule has 2 aromatic heterocycles. The summed E-state index contributed by atoms with van der Waals surface area (Å²) in [5.74, 6) is 0.568. The van der Waals surface area contributed by atoms with Gasteiger partial charge in [0.2, 0.25) is 0 Å². The normalized spacial score (nSPS) is 22.6. The maximum atomic E-state index is 14.4. The van der Waals surface area contributed by atoms with Crippen LogP contribution in [-0.4, -0.2) is 62.2 Å². The summed E-state index contributed by atoms with van der Waals surface area (Å²) in [6.45, 7) is -0.739. The van der Waals surface area contributed by atoms with Gasteiger partial charge in [-0.25, -0.2) is 28.8 Å². The number of aromatic nitrogens is 4. The van der Waals surface area contributed by atoms with E-state index in [-0.39, 0.29) is 23.5 Å². The van der Waals surface area contributed by atoms with E-state index in [0.717, 1.165) is 10.8 Å². The number of carbonyl (C=O) groups is 1. The number of aldehydes is 1. The molecule has 4 atom stereocenters. The molecular formula is C23H23F2N6O5P. The number of hydrogen-bond donors (Lipinski definition) is 3. The predicted molar refractivity (Wildman–Crippen MR) is 131 cm³/mol. The number of fused-ring (bicyclic) bond motifs is 2. The molecule has 37 heavy (non-hydrogen) atoms. The van der Waals surface area contributed by atoms with Crippen LogP contribution in [-0.2, 0) is 14.1 Å². The second-order valence-corrected chi connectivity index (χ2v) is 9.63. The minimum atomic E-state index is -3.01. The van der Waals surface area contributed by atoms with E-state index in [1.165, 1.54) is 17.2 Å². The third kappa shape index (κ3) is 4.96. The SMILES string of the molecule is Nc1ncnc2c1ncn2C1OC(COP(NCC=O)Oc2cccc3ccccc23)(C(F)F)CC1O. The lowest BCUT2D eigenvalue weighted by molar-refractivity contribution is -0.167. The topological polar surface area (TPSA) is 147 Å². The van der Waals surface area contributed by atoms with Crippen LogP contribution in [0.2, 0.25) is 0 Å². The molecule has 0 amide bonds. The van der Waals surface area contributed by atoms with E-state index in [2.05, 4.69) is 20.0 Å². The largest absolute Gasteiger partial charge is 0.435 e. The number of ether oxygens (including phenoxy) is 1. The molecule has 0 aliphatic carbocycles. The van der Waals surface area contributed by atoms with Crippen molar-refractivity contribution in [3.8, 4) is 5.75 Å². The molecule has 14 heteroatoms. The van der Waals surface area contributed by atoms with Crippen molar-refractivity contribution in [2.75, 3.05) is 18.9 Å². The van der Waals surface area contributed by atoms with Crippen molar-refractivity contribution in [3.05, 3.63) is 55.1 Å². The molecule has 1 aliphatic rings. The third-order valence-electron chi connectivity index (χ3n) is 5.96. The quantitative estimate of drug-likeness (QED) is 0.206. The number of nitrogens with zero attached hydrogens (tertiary/aromatic N) is 4. The summed E-state index contributed by atoms with van der Waals surface area (Å²) in [6, 6.07) is 12.9. The highest BCUT2D eigenvalue weighted by atomic mass is 31.2. The molecule has 1 saturated heterocycles. The fourth-order valence-corrected chi connectivity index (χ4v) is 5.27. The number of halogens is 2. The summed E-state index contributed by atoms with van der Waals surface area (Å²) in [5, 5.41) is 15.2. The van der Waals surface area contributed by atoms with Crippen LogP contribution >= 0.6 is 8.53 Å². The Labute approximate surface area is 210 Å². The van der Waals surface area contributed by atoms with Gasteiger partial charge in [-0.2, -0.15) is 0 Å². The molecule has 11 nitrogen and oxygen atoms in total. The predicted octanol–water partition coefficient (Wildman–Crippen LogP) is 2.96. The van der Waals surface area contributed by atoms with Crippen LogP contribution in [0.3, 0.4) is 0 Å². The Morgan fingerprint density at radius 3 is 2.89 bits per heavy atom. The fraction of sp³-hybridized carbons (Fsp3) is 0.304. The zero-order valence-corrected chi connectivity index (χ0v) is 20.2. The Morgan fingerprint density at radius 2 is 2.08 bits per heavy atom. The first-order chi connectivity index (χ1) is 17.9. The smallest absolute Gasteiger partial charge is 0.318 e. The van der Waals surface area contributed by atoms with E-state index in [9.17, 15) is 18.7 Å². The molecule has 2 aromatic carbocycles. The summed E-state index contributed by atoms with van der Waals surface area (Å²) in [5.41, 5.74) is 4.14. The number of nitrogen functional groups attached to an aromatic ring is 1. The number of imidazole rings is 1. The highest BCUT2D eigenvalue weighted by Crippen LogP contribution is 2.45. The number of benzene rings is 2. The first-order valence-electron chi connectivity index (χ1n) is 11.2. The van der Waals surface area contributed by atoms with E-state index in [1.807, 2.05) is 30.3 Å². The molecule has 0 saturated carbocycles. The summed E-state index contributed by atoms with van der Waals surface area (Å²) in [6.07, 6.45) is -2.87. The minimum absolute atomic E-state index is 0.108. The Kier molecular flexibility index (Phi) is 7.22. The second kappa shape index (κ2) is 10.6. The maximum Gasteiger partial charge on any atom is 0.318 e. The average Bonchev–Trinajstić information content (AvgIpc) is 3.48. The van der Waals surface area contributed by atoms with Gasteiger partial charge in [0.05, 0.1) is 19.5 Å². The van der Waals surface area contributed by atoms with Gasteiger partial charge in [0.25, 0.3) is 6.43 Å². The number of rotatable bonds is 10. The number of alkyl halides is 2. The van der Waals surface area contributed by atoms with Gasteiger partial charge in [-0.05, 0) is 11.5 Å². The minimum Gasteiger partial charge on any atom is -0.435 e. The van der Waals surface area contributed by atoms with E-state index in [1.54, 1.807) is 12.1 Å². The highest BCUT2D eigenvalue weighted by molar-refractivity contribution is 7.45. The van der Waals surface area contributed by atoms with Gasteiger partial charge in [0.1, 0.15) is 30.0 Å². The van der Waals surface area contributed by atoms with E-state index < -0.39 is 45.9 Å². The van der Waals surface area contributed by atoms with Gasteiger partial charge in [0, 0.05) is 11.8 Å². The third-order valence-corrected chi connectivity index (χ3v) is 7.13. The number of hydrogen-bond acceptors (Lipinski definition) is 10. The van der Waals surface area contributed by atoms with Gasteiger partial charge < -0.3 is 29.4 Å². The van der Waals surface area contributed by atoms with Gasteiger partial charge in [-0.3, -0.25) is 4.57 Å². The fourth-order valence-electron chi connectivity index (χ4n) is 4.17. The van der Waals surface area contributed by atoms with Crippen molar-refractivity contribution in [1.29, 1.82) is 0 Å². The van der Waals surface area contributed by atoms with Crippen LogP contribution in [0.1, 0.15) is 12.6 Å². The van der Waals surface area contributed by atoms with E-state index in [0.29, 0.717) is 12.0 Å². The zero-order chi connectivity index (χ0) is 26.0. The van der Waals surface area contributed by atoms with Gasteiger partial charge >= 0.3 is 8.53 Å². The number of nitrogens with two attached hydrogens (primary N) is 1. The van der Waals surface area contributed by atoms with Crippen molar-refractivity contribution in [1.82, 2.24) is 24.6 Å². The summed E-state index contributed by atoms with van der Waals surface area (Å²) < 4.78 is 47.6. The molecule has 0 spiro atoms. The Balaban J connectivity index is 1.37. The summed E-state index contributed by atoms with van der Waals surface area (Å²) in [4.78, 5) is 23.0. The van der Waals surface area contributed by atoms with Crippen molar-refractivity contribution >= 4 is 42.6 Å². The molecule has 0 radical (unpaired) electrons. The average molecular weight is 532 g/mol. The molecule has 4 unspecified atom stereocenters. The summed E-state index contributed by atoms with van der Waals surface area (Å²) >= 11 is 0. The molecule has 4 aromatic rings. The van der Waals surface area contributed by atoms with Crippen molar-refractivity contribution in [3.63, 3.8) is 0 Å². The van der Waals surface area contributed by atoms with Crippen LogP contribution < -0.4 is 15.3 Å². The van der Waals surface area contributed by atoms with E-state index in [4.69, 9.17) is 19.5 Å². The molecule has 1 aliphatic heterocycles. The first-order valence-corrected chi connectivity index (χ1v) is 12.4. The number of nitrogens with one attached hydrogen (secondary N) is 1. The maximum absolute atomic E-state index is 14.4. The first kappa shape index (κ1) is 25.3. The number of aliphatic hydroxyl groups excluding tert-OH is 1. The Morgan fingerprint density at radius 1 is 1.27 bits per heavy atom. The number of carbonyl (C=O) groups excluding carboxylic acids is 1. The Hall–Kier alpha value is -3.35. The van der Waals surface area contributed by atoms with Crippen molar-refractivity contribution in [2.45, 2.75) is 30.8 Å². The van der Waals surface area contributed by atoms with Crippen molar-refractivity contribution in [2.24, 2.45) is 0 Å². The lowest BCUT2D eigenvalue weighted by Crippen LogP contribution is -2.42. The van der Waals surface area contributed by atoms with Gasteiger partial charge in [-0.15, -0.1) is 0 Å². The zero-order valence-electron chi connectivity index (χ0n) is 19.3. The molecule has 4 N–H and O–H groups in total. The van der Waals surface area contributed by atoms with Crippen LogP contribution in [0.5, 0.6) is 5.75 Å². The van der Waals surface area contributed by atoms with Crippen LogP contribution in [0, 0.1) is 0 Å². The van der Waals surface area contributed by atoms with Gasteiger partial charge in [0.15, 0.2) is 23.3 Å². The molecule has 5 rings (SSSR count). The summed E-state index contributed by atoms with van der Waals surface area (Å²) in [7, 11) is -2.03. The van der Waals surface area contributed by atoms with Gasteiger partial charge in [-0.1, -0.05) is 36.4 Å². The molecule has 0 bridgehead atoms. The molecular weight excluding hydrogens is 509 g/mol. The monoisotopic (exact) mass is 532 g/mol. The lowest BCUT2D eigenvalue weighted by atomic mass is 10.0. The second-order valence-electron chi connectivity index (χ2n) is 8.36. The molecule has 3 heterocycles. The molecule has 1 fully saturated rings. The Bertz CT molecular complexity index is 1410. The standard InChI is InChI=1S/C23H23F2N6O5P/c24-22(25)23(10-16(33)21(35-23)31-13-29-18-19(26)27-12-28-20(18)31)11-34-37(30-8-9-32)36-17-7-3-5-14-4-1-2-6-15(14)17/h1-7,9,12-13,16,21-22,30,33H,8,10-11H2,(H2,26,27,28). The number of anilines is 1. The van der Waals surface area contributed by atoms with Crippen LogP contribution in [0.4, 0.5) is 14.6 Å². The highest BCUT2D eigenvalue weighted by Gasteiger charge is 2.54. The molecule has 194 valence electrons. The van der Waals surface area contributed by atoms with E-state index >= 15 is 0 Å². The number of aliphatic hydroxyl groups is 1. The van der Waals surface area contributed by atoms with Crippen LogP contribution in [0.25, 0.3) is 21.9 Å². The lowest BCUT2D eigenvalue weighted by Gasteiger charge is -2.29. The van der Waals surface area contributed by atoms with Crippen LogP contribution in [0.15, 0.2) is 55.1 Å².